The van der Waals surface area contributed by atoms with Crippen LogP contribution in [0.5, 0.6) is 0 Å². The van der Waals surface area contributed by atoms with Gasteiger partial charge in [0.05, 0.1) is 18.6 Å². The molecule has 0 unspecified atom stereocenters. The van der Waals surface area contributed by atoms with Gasteiger partial charge in [0.2, 0.25) is 0 Å². The lowest BCUT2D eigenvalue weighted by Crippen LogP contribution is -2.19. The van der Waals surface area contributed by atoms with E-state index in [4.69, 9.17) is 5.73 Å². The number of nitrogens with one attached hydrogen (secondary N) is 1. The van der Waals surface area contributed by atoms with Gasteiger partial charge < -0.3 is 15.6 Å². The fourth-order valence-electron chi connectivity index (χ4n) is 2.20. The van der Waals surface area contributed by atoms with E-state index in [1.165, 1.54) is 11.3 Å². The molecule has 18 heavy (non-hydrogen) atoms. The smallest absolute Gasteiger partial charge is 0.0922 e. The number of hydrogen-bond acceptors (Lipinski definition) is 3. The first-order valence-corrected chi connectivity index (χ1v) is 6.43. The van der Waals surface area contributed by atoms with Crippen molar-refractivity contribution in [3.8, 4) is 0 Å². The predicted octanol–water partition coefficient (Wildman–Crippen LogP) is 2.58. The summed E-state index contributed by atoms with van der Waals surface area (Å²) in [7, 11) is 0. The van der Waals surface area contributed by atoms with Crippen LogP contribution in [0.4, 0.5) is 11.4 Å². The van der Waals surface area contributed by atoms with E-state index in [0.29, 0.717) is 0 Å². The van der Waals surface area contributed by atoms with E-state index in [1.807, 2.05) is 26.1 Å². The van der Waals surface area contributed by atoms with E-state index in [-0.39, 0.29) is 0 Å². The van der Waals surface area contributed by atoms with Gasteiger partial charge in [-0.1, -0.05) is 19.9 Å². The second kappa shape index (κ2) is 5.58. The number of aromatic nitrogens is 2. The molecule has 0 atom stereocenters. The van der Waals surface area contributed by atoms with Crippen molar-refractivity contribution in [3.05, 3.63) is 42.0 Å². The molecule has 4 nitrogen and oxygen atoms in total. The molecule has 1 aromatic heterocycles. The minimum atomic E-state index is 0.829. The first-order valence-electron chi connectivity index (χ1n) is 6.43. The van der Waals surface area contributed by atoms with E-state index < -0.39 is 0 Å². The van der Waals surface area contributed by atoms with Crippen molar-refractivity contribution in [1.29, 1.82) is 0 Å². The van der Waals surface area contributed by atoms with Crippen LogP contribution in [-0.4, -0.2) is 16.5 Å². The number of nitrogens with zero attached hydrogens (tertiary/aromatic N) is 2. The number of hydrogen-bond donors (Lipinski definition) is 2. The summed E-state index contributed by atoms with van der Waals surface area (Å²) in [5.74, 6) is 0. The Bertz CT molecular complexity index is 491. The summed E-state index contributed by atoms with van der Waals surface area (Å²) < 4.78 is 0. The Labute approximate surface area is 108 Å². The van der Waals surface area contributed by atoms with Crippen LogP contribution in [0.3, 0.4) is 0 Å². The van der Waals surface area contributed by atoms with Gasteiger partial charge >= 0.3 is 0 Å². The third kappa shape index (κ3) is 2.47. The van der Waals surface area contributed by atoms with E-state index in [1.54, 1.807) is 6.33 Å². The number of benzene rings is 1. The second-order valence-electron chi connectivity index (χ2n) is 4.14. The predicted molar refractivity (Wildman–Crippen MR) is 75.5 cm³/mol. The molecule has 0 spiro atoms. The number of anilines is 2. The SMILES string of the molecule is CC.Nc1ccc2c(c1)N(Cc1cnc[nH]1)CC2. The molecule has 3 N–H and O–H groups in total. The van der Waals surface area contributed by atoms with Crippen molar-refractivity contribution >= 4 is 11.4 Å². The van der Waals surface area contributed by atoms with Crippen LogP contribution in [-0.2, 0) is 13.0 Å². The van der Waals surface area contributed by atoms with Crippen LogP contribution in [0, 0.1) is 0 Å². The standard InChI is InChI=1S/C12H14N4.C2H6/c13-10-2-1-9-3-4-16(12(9)5-10)7-11-6-14-8-15-11;1-2/h1-2,5-6,8H,3-4,7,13H2,(H,14,15);1-2H3. The average Bonchev–Trinajstić information content (AvgIpc) is 3.03. The normalized spacial score (nSPS) is 12.9. The summed E-state index contributed by atoms with van der Waals surface area (Å²) in [6, 6.07) is 6.15. The highest BCUT2D eigenvalue weighted by Gasteiger charge is 2.19. The van der Waals surface area contributed by atoms with Crippen molar-refractivity contribution in [3.63, 3.8) is 0 Å². The molecule has 0 radical (unpaired) electrons. The molecule has 1 aliphatic heterocycles. The van der Waals surface area contributed by atoms with Gasteiger partial charge in [0, 0.05) is 24.1 Å². The largest absolute Gasteiger partial charge is 0.399 e. The molecule has 3 rings (SSSR count). The lowest BCUT2D eigenvalue weighted by molar-refractivity contribution is 0.819. The maximum atomic E-state index is 5.82. The third-order valence-electron chi connectivity index (χ3n) is 3.02. The highest BCUT2D eigenvalue weighted by molar-refractivity contribution is 5.64. The van der Waals surface area contributed by atoms with Gasteiger partial charge in [0.25, 0.3) is 0 Å². The van der Waals surface area contributed by atoms with Gasteiger partial charge in [0.1, 0.15) is 0 Å². The number of nitrogen functional groups attached to an aromatic ring is 1. The summed E-state index contributed by atoms with van der Waals surface area (Å²) in [6.45, 7) is 5.92. The summed E-state index contributed by atoms with van der Waals surface area (Å²) in [4.78, 5) is 9.49. The Morgan fingerprint density at radius 1 is 1.39 bits per heavy atom. The highest BCUT2D eigenvalue weighted by Crippen LogP contribution is 2.30. The van der Waals surface area contributed by atoms with Gasteiger partial charge in [-0.15, -0.1) is 0 Å². The third-order valence-corrected chi connectivity index (χ3v) is 3.02. The van der Waals surface area contributed by atoms with Crippen LogP contribution in [0.25, 0.3) is 0 Å². The summed E-state index contributed by atoms with van der Waals surface area (Å²) in [5.41, 5.74) is 10.4. The molecule has 1 aromatic carbocycles. The minimum Gasteiger partial charge on any atom is -0.399 e. The van der Waals surface area contributed by atoms with Crippen LogP contribution in [0.1, 0.15) is 25.1 Å². The molecule has 1 aliphatic rings. The van der Waals surface area contributed by atoms with Crippen LogP contribution in [0.2, 0.25) is 0 Å². The zero-order valence-corrected chi connectivity index (χ0v) is 11.0. The summed E-state index contributed by atoms with van der Waals surface area (Å²) in [6.07, 6.45) is 4.68. The number of nitrogens with two attached hydrogens (primary N) is 1. The highest BCUT2D eigenvalue weighted by atomic mass is 15.2. The molecular formula is C14H20N4. The van der Waals surface area contributed by atoms with Crippen LogP contribution >= 0.6 is 0 Å². The molecular weight excluding hydrogens is 224 g/mol. The number of fused-ring (bicyclic) bond motifs is 1. The van der Waals surface area contributed by atoms with Gasteiger partial charge in [-0.25, -0.2) is 4.98 Å². The van der Waals surface area contributed by atoms with Gasteiger partial charge in [-0.2, -0.15) is 0 Å². The van der Waals surface area contributed by atoms with Crippen molar-refractivity contribution in [1.82, 2.24) is 9.97 Å². The lowest BCUT2D eigenvalue weighted by atomic mass is 10.1. The van der Waals surface area contributed by atoms with Crippen molar-refractivity contribution in [2.45, 2.75) is 26.8 Å². The van der Waals surface area contributed by atoms with Crippen LogP contribution < -0.4 is 10.6 Å². The number of H-pyrrole nitrogens is 1. The molecule has 0 saturated carbocycles. The van der Waals surface area contributed by atoms with Crippen molar-refractivity contribution in [2.75, 3.05) is 17.2 Å². The summed E-state index contributed by atoms with van der Waals surface area (Å²) >= 11 is 0. The van der Waals surface area contributed by atoms with E-state index in [2.05, 4.69) is 27.0 Å². The minimum absolute atomic E-state index is 0.829. The second-order valence-corrected chi connectivity index (χ2v) is 4.14. The molecule has 0 bridgehead atoms. The van der Waals surface area contributed by atoms with Gasteiger partial charge in [0.15, 0.2) is 0 Å². The molecule has 0 fully saturated rings. The van der Waals surface area contributed by atoms with Crippen molar-refractivity contribution < 1.29 is 0 Å². The number of imidazole rings is 1. The molecule has 2 aromatic rings. The Hall–Kier alpha value is -1.97. The molecule has 96 valence electrons. The molecule has 4 heteroatoms. The maximum absolute atomic E-state index is 5.82. The fourth-order valence-corrected chi connectivity index (χ4v) is 2.20. The molecule has 0 saturated heterocycles. The quantitative estimate of drug-likeness (QED) is 0.798. The molecule has 0 aliphatic carbocycles. The number of aromatic amines is 1. The topological polar surface area (TPSA) is 57.9 Å². The van der Waals surface area contributed by atoms with E-state index >= 15 is 0 Å². The van der Waals surface area contributed by atoms with E-state index in [9.17, 15) is 0 Å². The first kappa shape index (κ1) is 12.5. The zero-order chi connectivity index (χ0) is 13.0. The zero-order valence-electron chi connectivity index (χ0n) is 11.0. The summed E-state index contributed by atoms with van der Waals surface area (Å²) in [5, 5.41) is 0. The first-order chi connectivity index (χ1) is 8.83. The molecule has 0 amide bonds. The Balaban J connectivity index is 0.000000574. The Morgan fingerprint density at radius 2 is 2.22 bits per heavy atom. The Morgan fingerprint density at radius 3 is 2.94 bits per heavy atom. The van der Waals surface area contributed by atoms with E-state index in [0.717, 1.165) is 30.9 Å². The molecule has 2 heterocycles. The van der Waals surface area contributed by atoms with Gasteiger partial charge in [-0.3, -0.25) is 0 Å². The monoisotopic (exact) mass is 244 g/mol. The van der Waals surface area contributed by atoms with Crippen molar-refractivity contribution in [2.24, 2.45) is 0 Å². The lowest BCUT2D eigenvalue weighted by Gasteiger charge is -2.18. The average molecular weight is 244 g/mol. The van der Waals surface area contributed by atoms with Gasteiger partial charge in [-0.05, 0) is 24.1 Å². The number of rotatable bonds is 2. The fraction of sp³-hybridized carbons (Fsp3) is 0.357. The van der Waals surface area contributed by atoms with Crippen LogP contribution in [0.15, 0.2) is 30.7 Å². The Kier molecular flexibility index (Phi) is 3.87. The maximum Gasteiger partial charge on any atom is 0.0922 e.